The van der Waals surface area contributed by atoms with Crippen molar-refractivity contribution in [1.82, 2.24) is 10.2 Å². The summed E-state index contributed by atoms with van der Waals surface area (Å²) in [6, 6.07) is 8.01. The van der Waals surface area contributed by atoms with Gasteiger partial charge in [-0.2, -0.15) is 0 Å². The number of aliphatic hydroxyl groups is 1. The van der Waals surface area contributed by atoms with Crippen molar-refractivity contribution in [3.05, 3.63) is 34.9 Å². The third kappa shape index (κ3) is 6.91. The Labute approximate surface area is 196 Å². The van der Waals surface area contributed by atoms with E-state index in [1.807, 2.05) is 18.2 Å². The zero-order valence-electron chi connectivity index (χ0n) is 18.9. The van der Waals surface area contributed by atoms with Crippen LogP contribution < -0.4 is 5.32 Å². The number of carbonyl (C=O) groups is 1. The number of ether oxygens (including phenoxy) is 2. The Hall–Kier alpha value is -1.18. The van der Waals surface area contributed by atoms with Crippen LogP contribution in [-0.4, -0.2) is 66.6 Å². The molecule has 1 aromatic rings. The Kier molecular flexibility index (Phi) is 8.83. The lowest BCUT2D eigenvalue weighted by Gasteiger charge is -2.44. The molecule has 4 atom stereocenters. The Morgan fingerprint density at radius 2 is 2.00 bits per heavy atom. The maximum Gasteiger partial charge on any atom is 0.222 e. The molecule has 3 aliphatic rings. The van der Waals surface area contributed by atoms with Crippen LogP contribution in [0.2, 0.25) is 5.02 Å². The number of fused-ring (bicyclic) bond motifs is 1. The smallest absolute Gasteiger partial charge is 0.222 e. The second-order valence-corrected chi connectivity index (χ2v) is 10.1. The third-order valence-electron chi connectivity index (χ3n) is 7.09. The molecule has 178 valence electrons. The third-order valence-corrected chi connectivity index (χ3v) is 7.32. The molecule has 4 rings (SSSR count). The Morgan fingerprint density at radius 3 is 2.81 bits per heavy atom. The van der Waals surface area contributed by atoms with Gasteiger partial charge in [0.1, 0.15) is 0 Å². The predicted molar refractivity (Wildman–Crippen MR) is 125 cm³/mol. The van der Waals surface area contributed by atoms with E-state index >= 15 is 0 Å². The molecule has 32 heavy (non-hydrogen) atoms. The van der Waals surface area contributed by atoms with E-state index in [0.717, 1.165) is 24.9 Å². The average Bonchev–Trinajstić information content (AvgIpc) is 2.77. The molecule has 2 heterocycles. The van der Waals surface area contributed by atoms with Gasteiger partial charge in [0.25, 0.3) is 0 Å². The molecule has 0 spiro atoms. The summed E-state index contributed by atoms with van der Waals surface area (Å²) in [4.78, 5) is 14.8. The number of hydrogen-bond donors (Lipinski definition) is 2. The van der Waals surface area contributed by atoms with Crippen molar-refractivity contribution in [3.63, 3.8) is 0 Å². The minimum atomic E-state index is -0.529. The van der Waals surface area contributed by atoms with Crippen LogP contribution in [-0.2, 0) is 20.8 Å². The van der Waals surface area contributed by atoms with Crippen LogP contribution in [0, 0.1) is 5.92 Å². The lowest BCUT2D eigenvalue weighted by molar-refractivity contribution is -0.158. The maximum atomic E-state index is 12.5. The monoisotopic (exact) mass is 464 g/mol. The van der Waals surface area contributed by atoms with Gasteiger partial charge in [0, 0.05) is 30.7 Å². The van der Waals surface area contributed by atoms with Gasteiger partial charge in [0.15, 0.2) is 0 Å². The summed E-state index contributed by atoms with van der Waals surface area (Å²) in [6.45, 7) is 2.77. The zero-order valence-corrected chi connectivity index (χ0v) is 19.6. The fraction of sp³-hybridized carbons (Fsp3) is 0.720. The van der Waals surface area contributed by atoms with Crippen molar-refractivity contribution < 1.29 is 19.4 Å². The van der Waals surface area contributed by atoms with E-state index < -0.39 is 6.10 Å². The quantitative estimate of drug-likeness (QED) is 0.673. The standard InChI is InChI=1S/C25H37ClN2O4/c26-20-8-4-7-19(11-20)14-28-15-21(29)16-31-17-24-23(28)10-9-22(32-24)12-25(30)27-13-18-5-2-1-3-6-18/h4,7-8,11,18,21-24,29H,1-3,5-6,9-10,12-17H2,(H,27,30)/t21-,22-,23-,24+/m0/s1. The summed E-state index contributed by atoms with van der Waals surface area (Å²) in [6.07, 6.45) is 7.82. The Balaban J connectivity index is 1.32. The SMILES string of the molecule is O=C(C[C@@H]1CC[C@H]2[C@@H](COC[C@@H](O)CN2Cc2cccc(Cl)c2)O1)NCC1CCCCC1. The number of hydrogen-bond acceptors (Lipinski definition) is 5. The van der Waals surface area contributed by atoms with Crippen molar-refractivity contribution in [2.45, 2.75) is 82.3 Å². The fourth-order valence-electron chi connectivity index (χ4n) is 5.43. The van der Waals surface area contributed by atoms with Gasteiger partial charge in [-0.15, -0.1) is 0 Å². The number of rotatable bonds is 6. The van der Waals surface area contributed by atoms with Crippen LogP contribution in [0.5, 0.6) is 0 Å². The molecule has 2 saturated heterocycles. The predicted octanol–water partition coefficient (Wildman–Crippen LogP) is 3.54. The maximum absolute atomic E-state index is 12.5. The van der Waals surface area contributed by atoms with E-state index in [9.17, 15) is 9.90 Å². The van der Waals surface area contributed by atoms with Gasteiger partial charge in [-0.3, -0.25) is 9.69 Å². The second kappa shape index (κ2) is 11.8. The zero-order chi connectivity index (χ0) is 22.3. The van der Waals surface area contributed by atoms with Crippen LogP contribution in [0.1, 0.15) is 56.9 Å². The summed E-state index contributed by atoms with van der Waals surface area (Å²) in [5, 5.41) is 14.2. The van der Waals surface area contributed by atoms with Gasteiger partial charge in [0.2, 0.25) is 5.91 Å². The minimum absolute atomic E-state index is 0.0800. The number of nitrogens with one attached hydrogen (secondary N) is 1. The first-order chi connectivity index (χ1) is 15.6. The van der Waals surface area contributed by atoms with Gasteiger partial charge in [-0.1, -0.05) is 43.0 Å². The largest absolute Gasteiger partial charge is 0.389 e. The van der Waals surface area contributed by atoms with E-state index in [4.69, 9.17) is 21.1 Å². The Bertz CT molecular complexity index is 742. The summed E-state index contributed by atoms with van der Waals surface area (Å²) < 4.78 is 12.1. The molecule has 1 amide bonds. The second-order valence-electron chi connectivity index (χ2n) is 9.70. The van der Waals surface area contributed by atoms with E-state index in [2.05, 4.69) is 16.3 Å². The number of aliphatic hydroxyl groups excluding tert-OH is 1. The molecule has 2 aliphatic heterocycles. The van der Waals surface area contributed by atoms with Gasteiger partial charge >= 0.3 is 0 Å². The summed E-state index contributed by atoms with van der Waals surface area (Å²) in [7, 11) is 0. The van der Waals surface area contributed by atoms with Crippen molar-refractivity contribution in [3.8, 4) is 0 Å². The van der Waals surface area contributed by atoms with E-state index in [-0.39, 0.29) is 24.2 Å². The van der Waals surface area contributed by atoms with Crippen LogP contribution in [0.3, 0.4) is 0 Å². The fourth-order valence-corrected chi connectivity index (χ4v) is 5.64. The molecule has 3 fully saturated rings. The summed E-state index contributed by atoms with van der Waals surface area (Å²) in [5.74, 6) is 0.729. The molecule has 7 heteroatoms. The van der Waals surface area contributed by atoms with E-state index in [1.54, 1.807) is 0 Å². The summed E-state index contributed by atoms with van der Waals surface area (Å²) in [5.41, 5.74) is 1.12. The number of halogens is 1. The molecule has 1 saturated carbocycles. The number of benzene rings is 1. The lowest BCUT2D eigenvalue weighted by atomic mass is 9.89. The van der Waals surface area contributed by atoms with Gasteiger partial charge < -0.3 is 19.9 Å². The summed E-state index contributed by atoms with van der Waals surface area (Å²) >= 11 is 6.18. The minimum Gasteiger partial charge on any atom is -0.389 e. The normalized spacial score (nSPS) is 30.2. The van der Waals surface area contributed by atoms with Crippen LogP contribution in [0.25, 0.3) is 0 Å². The lowest BCUT2D eigenvalue weighted by Crippen LogP contribution is -2.55. The molecular formula is C25H37ClN2O4. The van der Waals surface area contributed by atoms with E-state index in [0.29, 0.717) is 43.7 Å². The Morgan fingerprint density at radius 1 is 1.16 bits per heavy atom. The molecule has 2 N–H and O–H groups in total. The molecule has 0 unspecified atom stereocenters. The molecule has 0 aromatic heterocycles. The number of carbonyl (C=O) groups excluding carboxylic acids is 1. The highest BCUT2D eigenvalue weighted by Gasteiger charge is 2.38. The molecule has 1 aromatic carbocycles. The molecule has 0 bridgehead atoms. The highest BCUT2D eigenvalue weighted by Crippen LogP contribution is 2.29. The van der Waals surface area contributed by atoms with Crippen molar-refractivity contribution in [2.75, 3.05) is 26.3 Å². The van der Waals surface area contributed by atoms with Crippen molar-refractivity contribution in [2.24, 2.45) is 5.92 Å². The topological polar surface area (TPSA) is 71.0 Å². The van der Waals surface area contributed by atoms with Crippen molar-refractivity contribution >= 4 is 17.5 Å². The van der Waals surface area contributed by atoms with Gasteiger partial charge in [-0.25, -0.2) is 0 Å². The molecule has 6 nitrogen and oxygen atoms in total. The molecule has 0 radical (unpaired) electrons. The van der Waals surface area contributed by atoms with Gasteiger partial charge in [-0.05, 0) is 49.3 Å². The number of β-amino-alcohol motifs (C(OH)–C–C–N with tert-alkyl or cyclic N) is 1. The average molecular weight is 465 g/mol. The highest BCUT2D eigenvalue weighted by molar-refractivity contribution is 6.30. The molecular weight excluding hydrogens is 428 g/mol. The highest BCUT2D eigenvalue weighted by atomic mass is 35.5. The van der Waals surface area contributed by atoms with Gasteiger partial charge in [0.05, 0.1) is 37.9 Å². The van der Waals surface area contributed by atoms with Crippen LogP contribution >= 0.6 is 11.6 Å². The number of amides is 1. The van der Waals surface area contributed by atoms with E-state index in [1.165, 1.54) is 32.1 Å². The van der Waals surface area contributed by atoms with Crippen LogP contribution in [0.4, 0.5) is 0 Å². The first-order valence-electron chi connectivity index (χ1n) is 12.2. The molecule has 1 aliphatic carbocycles. The number of nitrogens with zero attached hydrogens (tertiary/aromatic N) is 1. The van der Waals surface area contributed by atoms with Crippen molar-refractivity contribution in [1.29, 1.82) is 0 Å². The first-order valence-corrected chi connectivity index (χ1v) is 12.6. The van der Waals surface area contributed by atoms with Crippen LogP contribution in [0.15, 0.2) is 24.3 Å². The first kappa shape index (κ1) is 24.0.